The maximum atomic E-state index is 13.0. The highest BCUT2D eigenvalue weighted by atomic mass is 19.2. The molecule has 0 aliphatic carbocycles. The van der Waals surface area contributed by atoms with Gasteiger partial charge in [-0.2, -0.15) is 0 Å². The molecule has 3 nitrogen and oxygen atoms in total. The average molecular weight is 271 g/mol. The molecule has 1 atom stereocenters. The Balaban J connectivity index is 2.53. The molecule has 1 unspecified atom stereocenters. The van der Waals surface area contributed by atoms with Gasteiger partial charge in [-0.15, -0.1) is 0 Å². The lowest BCUT2D eigenvalue weighted by atomic mass is 9.92. The van der Waals surface area contributed by atoms with E-state index in [1.165, 1.54) is 6.07 Å². The van der Waals surface area contributed by atoms with Crippen molar-refractivity contribution in [1.82, 2.24) is 5.32 Å². The van der Waals surface area contributed by atoms with Gasteiger partial charge in [-0.1, -0.05) is 26.8 Å². The van der Waals surface area contributed by atoms with Crippen LogP contribution in [0.4, 0.5) is 8.78 Å². The minimum Gasteiger partial charge on any atom is -0.387 e. The summed E-state index contributed by atoms with van der Waals surface area (Å²) in [6.45, 7) is 5.76. The quantitative estimate of drug-likeness (QED) is 0.884. The summed E-state index contributed by atoms with van der Waals surface area (Å²) in [6, 6.07) is 3.17. The van der Waals surface area contributed by atoms with Crippen molar-refractivity contribution < 1.29 is 18.7 Å². The van der Waals surface area contributed by atoms with Crippen LogP contribution in [0.2, 0.25) is 0 Å². The van der Waals surface area contributed by atoms with Crippen LogP contribution in [0, 0.1) is 17.0 Å². The standard InChI is InChI=1S/C14H19F2NO2/c1-14(2,3)7-13(19)17-8-12(18)9-4-5-10(15)11(16)6-9/h4-6,12,18H,7-8H2,1-3H3,(H,17,19). The molecular weight excluding hydrogens is 252 g/mol. The van der Waals surface area contributed by atoms with E-state index in [1.807, 2.05) is 20.8 Å². The number of amides is 1. The maximum Gasteiger partial charge on any atom is 0.220 e. The molecule has 0 bridgehead atoms. The van der Waals surface area contributed by atoms with E-state index in [-0.39, 0.29) is 23.4 Å². The van der Waals surface area contributed by atoms with Crippen molar-refractivity contribution in [2.24, 2.45) is 5.41 Å². The first-order chi connectivity index (χ1) is 8.69. The minimum absolute atomic E-state index is 0.0278. The summed E-state index contributed by atoms with van der Waals surface area (Å²) in [5.41, 5.74) is 0.0896. The highest BCUT2D eigenvalue weighted by molar-refractivity contribution is 5.76. The van der Waals surface area contributed by atoms with Crippen LogP contribution < -0.4 is 5.32 Å². The summed E-state index contributed by atoms with van der Waals surface area (Å²) in [7, 11) is 0. The third-order valence-electron chi connectivity index (χ3n) is 2.51. The van der Waals surface area contributed by atoms with Crippen LogP contribution in [-0.2, 0) is 4.79 Å². The predicted octanol–water partition coefficient (Wildman–Crippen LogP) is 2.55. The van der Waals surface area contributed by atoms with E-state index in [0.29, 0.717) is 6.42 Å². The molecule has 5 heteroatoms. The van der Waals surface area contributed by atoms with Gasteiger partial charge in [0.25, 0.3) is 0 Å². The second kappa shape index (κ2) is 6.10. The molecule has 0 aromatic heterocycles. The Kier molecular flexibility index (Phi) is 5.00. The Morgan fingerprint density at radius 2 is 1.95 bits per heavy atom. The number of nitrogens with one attached hydrogen (secondary N) is 1. The number of halogens is 2. The van der Waals surface area contributed by atoms with Gasteiger partial charge in [0.1, 0.15) is 0 Å². The Morgan fingerprint density at radius 3 is 2.47 bits per heavy atom. The summed E-state index contributed by atoms with van der Waals surface area (Å²) < 4.78 is 25.7. The van der Waals surface area contributed by atoms with Gasteiger partial charge in [0.2, 0.25) is 5.91 Å². The van der Waals surface area contributed by atoms with Gasteiger partial charge in [0.15, 0.2) is 11.6 Å². The number of hydrogen-bond donors (Lipinski definition) is 2. The summed E-state index contributed by atoms with van der Waals surface area (Å²) in [5, 5.41) is 12.3. The van der Waals surface area contributed by atoms with Gasteiger partial charge in [-0.3, -0.25) is 4.79 Å². The Labute approximate surface area is 111 Å². The van der Waals surface area contributed by atoms with Crippen LogP contribution in [0.15, 0.2) is 18.2 Å². The van der Waals surface area contributed by atoms with Crippen LogP contribution in [0.25, 0.3) is 0 Å². The fourth-order valence-corrected chi connectivity index (χ4v) is 1.59. The zero-order valence-electron chi connectivity index (χ0n) is 11.3. The van der Waals surface area contributed by atoms with E-state index >= 15 is 0 Å². The highest BCUT2D eigenvalue weighted by Gasteiger charge is 2.17. The topological polar surface area (TPSA) is 49.3 Å². The van der Waals surface area contributed by atoms with Gasteiger partial charge in [0.05, 0.1) is 6.10 Å². The van der Waals surface area contributed by atoms with Crippen LogP contribution >= 0.6 is 0 Å². The molecule has 1 aromatic rings. The lowest BCUT2D eigenvalue weighted by Gasteiger charge is -2.18. The number of aliphatic hydroxyl groups is 1. The van der Waals surface area contributed by atoms with E-state index in [4.69, 9.17) is 0 Å². The molecule has 0 heterocycles. The second-order valence-corrected chi connectivity index (χ2v) is 5.73. The lowest BCUT2D eigenvalue weighted by Crippen LogP contribution is -2.31. The summed E-state index contributed by atoms with van der Waals surface area (Å²) in [6.07, 6.45) is -0.726. The fourth-order valence-electron chi connectivity index (χ4n) is 1.59. The van der Waals surface area contributed by atoms with Crippen molar-refractivity contribution in [2.45, 2.75) is 33.3 Å². The first kappa shape index (κ1) is 15.6. The van der Waals surface area contributed by atoms with E-state index in [2.05, 4.69) is 5.32 Å². The zero-order chi connectivity index (χ0) is 14.6. The smallest absolute Gasteiger partial charge is 0.220 e. The van der Waals surface area contributed by atoms with E-state index in [1.54, 1.807) is 0 Å². The van der Waals surface area contributed by atoms with Crippen LogP contribution in [-0.4, -0.2) is 17.6 Å². The molecule has 0 fully saturated rings. The molecule has 1 rings (SSSR count). The zero-order valence-corrected chi connectivity index (χ0v) is 11.3. The molecule has 106 valence electrons. The maximum absolute atomic E-state index is 13.0. The molecule has 0 saturated heterocycles. The van der Waals surface area contributed by atoms with Gasteiger partial charge in [0, 0.05) is 13.0 Å². The summed E-state index contributed by atoms with van der Waals surface area (Å²) >= 11 is 0. The number of carbonyl (C=O) groups is 1. The molecule has 0 spiro atoms. The number of aliphatic hydroxyl groups excluding tert-OH is 1. The molecule has 0 radical (unpaired) electrons. The number of hydrogen-bond acceptors (Lipinski definition) is 2. The summed E-state index contributed by atoms with van der Waals surface area (Å²) in [4.78, 5) is 11.6. The predicted molar refractivity (Wildman–Crippen MR) is 68.4 cm³/mol. The third kappa shape index (κ3) is 5.34. The summed E-state index contributed by atoms with van der Waals surface area (Å²) in [5.74, 6) is -2.17. The van der Waals surface area contributed by atoms with E-state index < -0.39 is 17.7 Å². The van der Waals surface area contributed by atoms with Crippen LogP contribution in [0.5, 0.6) is 0 Å². The van der Waals surface area contributed by atoms with Crippen molar-refractivity contribution in [3.8, 4) is 0 Å². The Hall–Kier alpha value is -1.49. The molecular formula is C14H19F2NO2. The van der Waals surface area contributed by atoms with Crippen LogP contribution in [0.1, 0.15) is 38.9 Å². The van der Waals surface area contributed by atoms with E-state index in [0.717, 1.165) is 12.1 Å². The third-order valence-corrected chi connectivity index (χ3v) is 2.51. The Bertz CT molecular complexity index is 455. The van der Waals surface area contributed by atoms with Gasteiger partial charge in [-0.25, -0.2) is 8.78 Å². The first-order valence-electron chi connectivity index (χ1n) is 6.09. The van der Waals surface area contributed by atoms with Crippen molar-refractivity contribution in [2.75, 3.05) is 6.54 Å². The fraction of sp³-hybridized carbons (Fsp3) is 0.500. The molecule has 0 saturated carbocycles. The molecule has 1 aromatic carbocycles. The van der Waals surface area contributed by atoms with E-state index in [9.17, 15) is 18.7 Å². The molecule has 0 aliphatic rings. The number of rotatable bonds is 4. The normalized spacial score (nSPS) is 13.2. The molecule has 1 amide bonds. The first-order valence-corrected chi connectivity index (χ1v) is 6.09. The van der Waals surface area contributed by atoms with Crippen molar-refractivity contribution in [3.63, 3.8) is 0 Å². The molecule has 0 aliphatic heterocycles. The molecule has 2 N–H and O–H groups in total. The lowest BCUT2D eigenvalue weighted by molar-refractivity contribution is -0.123. The van der Waals surface area contributed by atoms with Gasteiger partial charge < -0.3 is 10.4 Å². The second-order valence-electron chi connectivity index (χ2n) is 5.73. The average Bonchev–Trinajstić information content (AvgIpc) is 2.27. The minimum atomic E-state index is -1.06. The van der Waals surface area contributed by atoms with Crippen LogP contribution in [0.3, 0.4) is 0 Å². The monoisotopic (exact) mass is 271 g/mol. The van der Waals surface area contributed by atoms with Crippen molar-refractivity contribution >= 4 is 5.91 Å². The molecule has 19 heavy (non-hydrogen) atoms. The highest BCUT2D eigenvalue weighted by Crippen LogP contribution is 2.19. The Morgan fingerprint density at radius 1 is 1.32 bits per heavy atom. The number of benzene rings is 1. The van der Waals surface area contributed by atoms with Gasteiger partial charge >= 0.3 is 0 Å². The number of carbonyl (C=O) groups excluding carboxylic acids is 1. The van der Waals surface area contributed by atoms with Crippen molar-refractivity contribution in [1.29, 1.82) is 0 Å². The SMILES string of the molecule is CC(C)(C)CC(=O)NCC(O)c1ccc(F)c(F)c1. The van der Waals surface area contributed by atoms with Gasteiger partial charge in [-0.05, 0) is 23.1 Å². The van der Waals surface area contributed by atoms with Crippen molar-refractivity contribution in [3.05, 3.63) is 35.4 Å². The largest absolute Gasteiger partial charge is 0.387 e.